The van der Waals surface area contributed by atoms with Crippen LogP contribution in [0.5, 0.6) is 0 Å². The van der Waals surface area contributed by atoms with Gasteiger partial charge in [-0.25, -0.2) is 13.1 Å². The van der Waals surface area contributed by atoms with Crippen LogP contribution in [0.25, 0.3) is 0 Å². The molecule has 2 aromatic carbocycles. The maximum atomic E-state index is 12.3. The zero-order valence-corrected chi connectivity index (χ0v) is 14.8. The summed E-state index contributed by atoms with van der Waals surface area (Å²) in [4.78, 5) is 11.6. The van der Waals surface area contributed by atoms with Gasteiger partial charge in [0.25, 0.3) is 0 Å². The molecule has 2 aromatic rings. The minimum Gasteiger partial charge on any atom is -0.455 e. The Morgan fingerprint density at radius 2 is 1.71 bits per heavy atom. The molecule has 0 aliphatic carbocycles. The summed E-state index contributed by atoms with van der Waals surface area (Å²) in [5, 5.41) is 0.437. The van der Waals surface area contributed by atoms with Gasteiger partial charge in [0.15, 0.2) is 0 Å². The third kappa shape index (κ3) is 5.21. The van der Waals surface area contributed by atoms with Crippen molar-refractivity contribution in [3.8, 4) is 0 Å². The fourth-order valence-corrected chi connectivity index (χ4v) is 3.19. The van der Waals surface area contributed by atoms with Crippen molar-refractivity contribution in [3.63, 3.8) is 0 Å². The highest BCUT2D eigenvalue weighted by molar-refractivity contribution is 7.89. The van der Waals surface area contributed by atoms with Crippen molar-refractivity contribution in [3.05, 3.63) is 65.2 Å². The Hall–Kier alpha value is -1.60. The molecule has 0 bridgehead atoms. The van der Waals surface area contributed by atoms with Gasteiger partial charge in [-0.15, -0.1) is 11.6 Å². The van der Waals surface area contributed by atoms with Crippen LogP contribution in [0.1, 0.15) is 11.7 Å². The van der Waals surface area contributed by atoms with Crippen LogP contribution in [-0.2, 0) is 19.6 Å². The summed E-state index contributed by atoms with van der Waals surface area (Å²) in [5.41, 5.74) is 0.662. The number of alkyl halides is 1. The SMILES string of the molecule is O=C(CCl)O[C@H](CNS(=O)(=O)c1ccc(Cl)cc1)c1ccccc1. The Balaban J connectivity index is 2.14. The molecule has 0 aliphatic rings. The largest absolute Gasteiger partial charge is 0.455 e. The van der Waals surface area contributed by atoms with E-state index in [-0.39, 0.29) is 17.3 Å². The van der Waals surface area contributed by atoms with Crippen molar-refractivity contribution in [1.82, 2.24) is 4.72 Å². The molecular formula is C16H15Cl2NO4S. The lowest BCUT2D eigenvalue weighted by Crippen LogP contribution is -2.30. The monoisotopic (exact) mass is 387 g/mol. The standard InChI is InChI=1S/C16H15Cl2NO4S/c17-10-16(20)23-15(12-4-2-1-3-5-12)11-19-24(21,22)14-8-6-13(18)7-9-14/h1-9,15,19H,10-11H2/t15-/m1/s1. The van der Waals surface area contributed by atoms with Crippen molar-refractivity contribution in [1.29, 1.82) is 0 Å². The van der Waals surface area contributed by atoms with Gasteiger partial charge in [0.1, 0.15) is 12.0 Å². The third-order valence-corrected chi connectivity index (χ3v) is 5.05. The molecular weight excluding hydrogens is 373 g/mol. The first kappa shape index (κ1) is 18.7. The predicted octanol–water partition coefficient (Wildman–Crippen LogP) is 3.14. The molecule has 2 rings (SSSR count). The third-order valence-electron chi connectivity index (χ3n) is 3.14. The van der Waals surface area contributed by atoms with Gasteiger partial charge < -0.3 is 4.74 Å². The van der Waals surface area contributed by atoms with E-state index in [0.29, 0.717) is 10.6 Å². The van der Waals surface area contributed by atoms with Gasteiger partial charge in [-0.2, -0.15) is 0 Å². The van der Waals surface area contributed by atoms with Crippen molar-refractivity contribution in [2.75, 3.05) is 12.4 Å². The molecule has 1 atom stereocenters. The summed E-state index contributed by atoms with van der Waals surface area (Å²) in [7, 11) is -3.76. The lowest BCUT2D eigenvalue weighted by atomic mass is 10.1. The summed E-state index contributed by atoms with van der Waals surface area (Å²) < 4.78 is 32.3. The fraction of sp³-hybridized carbons (Fsp3) is 0.188. The Morgan fingerprint density at radius 1 is 1.08 bits per heavy atom. The van der Waals surface area contributed by atoms with Crippen LogP contribution in [0.15, 0.2) is 59.5 Å². The molecule has 0 fully saturated rings. The van der Waals surface area contributed by atoms with Crippen LogP contribution in [0.4, 0.5) is 0 Å². The van der Waals surface area contributed by atoms with Crippen molar-refractivity contribution in [2.24, 2.45) is 0 Å². The number of benzene rings is 2. The smallest absolute Gasteiger partial charge is 0.321 e. The lowest BCUT2D eigenvalue weighted by molar-refractivity contribution is -0.146. The number of sulfonamides is 1. The van der Waals surface area contributed by atoms with Gasteiger partial charge in [-0.05, 0) is 29.8 Å². The number of carbonyl (C=O) groups excluding carboxylic acids is 1. The predicted molar refractivity (Wildman–Crippen MR) is 92.6 cm³/mol. The van der Waals surface area contributed by atoms with Crippen LogP contribution in [0.2, 0.25) is 5.02 Å². The van der Waals surface area contributed by atoms with Crippen molar-refractivity contribution in [2.45, 2.75) is 11.0 Å². The number of ether oxygens (including phenoxy) is 1. The number of esters is 1. The van der Waals surface area contributed by atoms with E-state index in [0.717, 1.165) is 0 Å². The molecule has 0 unspecified atom stereocenters. The molecule has 0 aliphatic heterocycles. The van der Waals surface area contributed by atoms with Crippen molar-refractivity contribution >= 4 is 39.2 Å². The zero-order chi connectivity index (χ0) is 17.6. The van der Waals surface area contributed by atoms with Gasteiger partial charge in [0, 0.05) is 5.02 Å². The first-order valence-corrected chi connectivity index (χ1v) is 9.37. The quantitative estimate of drug-likeness (QED) is 0.584. The molecule has 0 heterocycles. The Bertz CT molecular complexity index is 779. The summed E-state index contributed by atoms with van der Waals surface area (Å²) in [6, 6.07) is 14.6. The average Bonchev–Trinajstić information content (AvgIpc) is 2.59. The number of hydrogen-bond donors (Lipinski definition) is 1. The summed E-state index contributed by atoms with van der Waals surface area (Å²) >= 11 is 11.2. The molecule has 8 heteroatoms. The Morgan fingerprint density at radius 3 is 2.29 bits per heavy atom. The molecule has 0 radical (unpaired) electrons. The number of nitrogens with one attached hydrogen (secondary N) is 1. The van der Waals surface area contributed by atoms with Crippen LogP contribution >= 0.6 is 23.2 Å². The minimum atomic E-state index is -3.76. The summed E-state index contributed by atoms with van der Waals surface area (Å²) in [6.07, 6.45) is -0.778. The number of carbonyl (C=O) groups is 1. The van der Waals surface area contributed by atoms with Gasteiger partial charge in [0.05, 0.1) is 11.4 Å². The number of hydrogen-bond acceptors (Lipinski definition) is 4. The summed E-state index contributed by atoms with van der Waals surface area (Å²) in [5.74, 6) is -0.941. The zero-order valence-electron chi connectivity index (χ0n) is 12.5. The van der Waals surface area contributed by atoms with E-state index in [1.807, 2.05) is 6.07 Å². The highest BCUT2D eigenvalue weighted by atomic mass is 35.5. The van der Waals surface area contributed by atoms with Crippen LogP contribution < -0.4 is 4.72 Å². The Labute approximate surface area is 150 Å². The second-order valence-electron chi connectivity index (χ2n) is 4.83. The van der Waals surface area contributed by atoms with E-state index in [1.54, 1.807) is 24.3 Å². The Kier molecular flexibility index (Phi) is 6.62. The number of halogens is 2. The van der Waals surface area contributed by atoms with Gasteiger partial charge in [-0.1, -0.05) is 41.9 Å². The molecule has 1 N–H and O–H groups in total. The van der Waals surface area contributed by atoms with Crippen LogP contribution in [0, 0.1) is 0 Å². The van der Waals surface area contributed by atoms with E-state index in [9.17, 15) is 13.2 Å². The molecule has 5 nitrogen and oxygen atoms in total. The molecule has 0 amide bonds. The maximum Gasteiger partial charge on any atom is 0.321 e. The van der Waals surface area contributed by atoms with E-state index in [4.69, 9.17) is 27.9 Å². The molecule has 0 aromatic heterocycles. The number of rotatable bonds is 7. The van der Waals surface area contributed by atoms with E-state index >= 15 is 0 Å². The topological polar surface area (TPSA) is 72.5 Å². The lowest BCUT2D eigenvalue weighted by Gasteiger charge is -2.18. The molecule has 0 saturated carbocycles. The van der Waals surface area contributed by atoms with E-state index in [2.05, 4.69) is 4.72 Å². The van der Waals surface area contributed by atoms with Gasteiger partial charge in [-0.3, -0.25) is 4.79 Å². The second kappa shape index (κ2) is 8.48. The minimum absolute atomic E-state index is 0.0716. The molecule has 128 valence electrons. The first-order chi connectivity index (χ1) is 11.4. The van der Waals surface area contributed by atoms with Crippen LogP contribution in [0.3, 0.4) is 0 Å². The molecule has 24 heavy (non-hydrogen) atoms. The molecule has 0 spiro atoms. The molecule has 0 saturated heterocycles. The normalized spacial score (nSPS) is 12.6. The highest BCUT2D eigenvalue weighted by Crippen LogP contribution is 2.19. The average molecular weight is 388 g/mol. The maximum absolute atomic E-state index is 12.3. The van der Waals surface area contributed by atoms with Gasteiger partial charge >= 0.3 is 5.97 Å². The van der Waals surface area contributed by atoms with E-state index in [1.165, 1.54) is 24.3 Å². The van der Waals surface area contributed by atoms with Crippen LogP contribution in [-0.4, -0.2) is 26.8 Å². The fourth-order valence-electron chi connectivity index (χ4n) is 1.97. The van der Waals surface area contributed by atoms with E-state index < -0.39 is 22.1 Å². The van der Waals surface area contributed by atoms with Crippen molar-refractivity contribution < 1.29 is 17.9 Å². The van der Waals surface area contributed by atoms with Gasteiger partial charge in [0.2, 0.25) is 10.0 Å². The highest BCUT2D eigenvalue weighted by Gasteiger charge is 2.21. The summed E-state index contributed by atoms with van der Waals surface area (Å²) in [6.45, 7) is -0.113. The first-order valence-electron chi connectivity index (χ1n) is 6.98. The second-order valence-corrected chi connectivity index (χ2v) is 7.30.